The third kappa shape index (κ3) is 5.12. The highest BCUT2D eigenvalue weighted by molar-refractivity contribution is 7.91. The second-order valence-electron chi connectivity index (χ2n) is 8.13. The van der Waals surface area contributed by atoms with Crippen LogP contribution in [0.25, 0.3) is 10.8 Å². The molecule has 0 saturated heterocycles. The normalized spacial score (nSPS) is 11.1. The van der Waals surface area contributed by atoms with Gasteiger partial charge < -0.3 is 9.47 Å². The number of carbonyl (C=O) groups is 2. The van der Waals surface area contributed by atoms with E-state index in [1.54, 1.807) is 72.8 Å². The molecule has 0 aliphatic heterocycles. The third-order valence-electron chi connectivity index (χ3n) is 5.67. The Balaban J connectivity index is 1.57. The zero-order valence-electron chi connectivity index (χ0n) is 19.4. The van der Waals surface area contributed by atoms with E-state index in [1.807, 2.05) is 24.3 Å². The summed E-state index contributed by atoms with van der Waals surface area (Å²) in [4.78, 5) is 25.0. The highest BCUT2D eigenvalue weighted by Gasteiger charge is 2.26. The lowest BCUT2D eigenvalue weighted by molar-refractivity contribution is 0.0715. The predicted octanol–water partition coefficient (Wildman–Crippen LogP) is 6.11. The monoisotopic (exact) mass is 508 g/mol. The molecule has 0 heterocycles. The van der Waals surface area contributed by atoms with Gasteiger partial charge in [0.15, 0.2) is 5.75 Å². The molecule has 0 unspecified atom stereocenters. The number of fused-ring (bicyclic) bond motifs is 1. The first-order valence-electron chi connectivity index (χ1n) is 11.3. The minimum atomic E-state index is -4.18. The first-order chi connectivity index (χ1) is 17.9. The standard InChI is InChI=1S/C30H20O6S/c31-29(22-10-3-1-4-11-22)35-25-16-18-27(36-30(32)23-12-5-2-6-13-23)28(20-25)37(33,34)26-17-15-21-9-7-8-14-24(21)19-26/h1-20H. The van der Waals surface area contributed by atoms with Crippen LogP contribution < -0.4 is 9.47 Å². The number of hydrogen-bond acceptors (Lipinski definition) is 6. The largest absolute Gasteiger partial charge is 0.423 e. The van der Waals surface area contributed by atoms with E-state index in [2.05, 4.69) is 0 Å². The molecule has 6 nitrogen and oxygen atoms in total. The molecule has 0 aliphatic rings. The van der Waals surface area contributed by atoms with Gasteiger partial charge in [-0.2, -0.15) is 0 Å². The maximum absolute atomic E-state index is 13.8. The van der Waals surface area contributed by atoms with E-state index >= 15 is 0 Å². The van der Waals surface area contributed by atoms with E-state index in [1.165, 1.54) is 24.3 Å². The van der Waals surface area contributed by atoms with Crippen molar-refractivity contribution < 1.29 is 27.5 Å². The molecule has 0 amide bonds. The Hall–Kier alpha value is -4.75. The molecule has 0 atom stereocenters. The molecule has 0 N–H and O–H groups in total. The zero-order chi connectivity index (χ0) is 25.8. The zero-order valence-corrected chi connectivity index (χ0v) is 20.2. The van der Waals surface area contributed by atoms with Gasteiger partial charge in [0.1, 0.15) is 10.6 Å². The first-order valence-corrected chi connectivity index (χ1v) is 12.8. The van der Waals surface area contributed by atoms with Gasteiger partial charge in [0.25, 0.3) is 0 Å². The van der Waals surface area contributed by atoms with E-state index in [-0.39, 0.29) is 26.9 Å². The van der Waals surface area contributed by atoms with E-state index in [0.29, 0.717) is 5.56 Å². The van der Waals surface area contributed by atoms with Crippen molar-refractivity contribution >= 4 is 32.5 Å². The fourth-order valence-electron chi connectivity index (χ4n) is 3.78. The summed E-state index contributed by atoms with van der Waals surface area (Å²) in [6.07, 6.45) is 0. The third-order valence-corrected chi connectivity index (χ3v) is 7.44. The number of hydrogen-bond donors (Lipinski definition) is 0. The van der Waals surface area contributed by atoms with E-state index in [0.717, 1.165) is 10.8 Å². The number of rotatable bonds is 6. The second-order valence-corrected chi connectivity index (χ2v) is 10.1. The number of ether oxygens (including phenoxy) is 2. The minimum absolute atomic E-state index is 0.00673. The molecular formula is C30H20O6S. The van der Waals surface area contributed by atoms with Gasteiger partial charge in [-0.3, -0.25) is 0 Å². The maximum atomic E-state index is 13.8. The molecule has 5 aromatic carbocycles. The van der Waals surface area contributed by atoms with Crippen LogP contribution in [0.1, 0.15) is 20.7 Å². The van der Waals surface area contributed by atoms with E-state index in [9.17, 15) is 18.0 Å². The van der Waals surface area contributed by atoms with Crippen molar-refractivity contribution in [2.45, 2.75) is 9.79 Å². The maximum Gasteiger partial charge on any atom is 0.343 e. The number of esters is 2. The summed E-state index contributed by atoms with van der Waals surface area (Å²) in [5, 5.41) is 1.61. The molecular weight excluding hydrogens is 488 g/mol. The molecule has 5 aromatic rings. The van der Waals surface area contributed by atoms with Crippen molar-refractivity contribution in [1.82, 2.24) is 0 Å². The van der Waals surface area contributed by atoms with Crippen LogP contribution >= 0.6 is 0 Å². The number of sulfone groups is 1. The van der Waals surface area contributed by atoms with Gasteiger partial charge >= 0.3 is 11.9 Å². The Kier molecular flexibility index (Phi) is 6.53. The summed E-state index contributed by atoms with van der Waals surface area (Å²) in [6.45, 7) is 0. The predicted molar refractivity (Wildman–Crippen MR) is 139 cm³/mol. The summed E-state index contributed by atoms with van der Waals surface area (Å²) in [7, 11) is -4.18. The van der Waals surface area contributed by atoms with Gasteiger partial charge in [0.05, 0.1) is 16.0 Å². The van der Waals surface area contributed by atoms with Crippen LogP contribution in [0.4, 0.5) is 0 Å². The molecule has 37 heavy (non-hydrogen) atoms. The molecule has 0 spiro atoms. The van der Waals surface area contributed by atoms with Crippen LogP contribution in [-0.4, -0.2) is 20.4 Å². The molecule has 7 heteroatoms. The number of benzene rings is 5. The Labute approximate surface area is 213 Å². The molecule has 0 aromatic heterocycles. The van der Waals surface area contributed by atoms with Crippen LogP contribution in [0.3, 0.4) is 0 Å². The highest BCUT2D eigenvalue weighted by atomic mass is 32.2. The van der Waals surface area contributed by atoms with Gasteiger partial charge in [0, 0.05) is 6.07 Å². The lowest BCUT2D eigenvalue weighted by atomic mass is 10.1. The van der Waals surface area contributed by atoms with Crippen LogP contribution in [0.5, 0.6) is 11.5 Å². The van der Waals surface area contributed by atoms with Crippen molar-refractivity contribution in [3.05, 3.63) is 132 Å². The summed E-state index contributed by atoms with van der Waals surface area (Å²) >= 11 is 0. The molecule has 0 fully saturated rings. The van der Waals surface area contributed by atoms with Gasteiger partial charge in [-0.15, -0.1) is 0 Å². The molecule has 0 radical (unpaired) electrons. The van der Waals surface area contributed by atoms with Gasteiger partial charge in [-0.25, -0.2) is 18.0 Å². The van der Waals surface area contributed by atoms with Crippen LogP contribution in [-0.2, 0) is 9.84 Å². The summed E-state index contributed by atoms with van der Waals surface area (Å²) in [5.74, 6) is -1.55. The average molecular weight is 509 g/mol. The molecule has 5 rings (SSSR count). The Morgan fingerprint density at radius 3 is 1.76 bits per heavy atom. The van der Waals surface area contributed by atoms with Gasteiger partial charge in [0.2, 0.25) is 9.84 Å². The van der Waals surface area contributed by atoms with Crippen molar-refractivity contribution in [2.75, 3.05) is 0 Å². The fourth-order valence-corrected chi connectivity index (χ4v) is 5.21. The van der Waals surface area contributed by atoms with Crippen LogP contribution in [0.2, 0.25) is 0 Å². The van der Waals surface area contributed by atoms with E-state index in [4.69, 9.17) is 9.47 Å². The lowest BCUT2D eigenvalue weighted by Gasteiger charge is -2.14. The van der Waals surface area contributed by atoms with Crippen molar-refractivity contribution in [3.63, 3.8) is 0 Å². The molecule has 0 bridgehead atoms. The highest BCUT2D eigenvalue weighted by Crippen LogP contribution is 2.34. The minimum Gasteiger partial charge on any atom is -0.423 e. The van der Waals surface area contributed by atoms with Crippen molar-refractivity contribution in [3.8, 4) is 11.5 Å². The smallest absolute Gasteiger partial charge is 0.343 e. The topological polar surface area (TPSA) is 86.7 Å². The summed E-state index contributed by atoms with van der Waals surface area (Å²) in [6, 6.07) is 32.6. The van der Waals surface area contributed by atoms with Crippen LogP contribution in [0.15, 0.2) is 131 Å². The Morgan fingerprint density at radius 2 is 1.11 bits per heavy atom. The number of carbonyl (C=O) groups excluding carboxylic acids is 2. The van der Waals surface area contributed by atoms with Crippen molar-refractivity contribution in [2.24, 2.45) is 0 Å². The first kappa shape index (κ1) is 24.0. The Bertz CT molecular complexity index is 1710. The molecule has 182 valence electrons. The van der Waals surface area contributed by atoms with Gasteiger partial charge in [-0.05, 0) is 59.3 Å². The Morgan fingerprint density at radius 1 is 0.541 bits per heavy atom. The van der Waals surface area contributed by atoms with Crippen molar-refractivity contribution in [1.29, 1.82) is 0 Å². The SMILES string of the molecule is O=C(Oc1ccc(OC(=O)c2ccccc2)c(S(=O)(=O)c2ccc3ccccc3c2)c1)c1ccccc1. The summed E-state index contributed by atoms with van der Waals surface area (Å²) < 4.78 is 38.5. The second kappa shape index (κ2) is 10.1. The molecule has 0 saturated carbocycles. The summed E-state index contributed by atoms with van der Waals surface area (Å²) in [5.41, 5.74) is 0.567. The fraction of sp³-hybridized carbons (Fsp3) is 0. The average Bonchev–Trinajstić information content (AvgIpc) is 2.94. The van der Waals surface area contributed by atoms with Gasteiger partial charge in [-0.1, -0.05) is 66.7 Å². The molecule has 0 aliphatic carbocycles. The lowest BCUT2D eigenvalue weighted by Crippen LogP contribution is -2.13. The van der Waals surface area contributed by atoms with Crippen LogP contribution in [0, 0.1) is 0 Å². The van der Waals surface area contributed by atoms with E-state index < -0.39 is 21.8 Å². The quantitative estimate of drug-likeness (QED) is 0.203.